The smallest absolute Gasteiger partial charge is 0.227 e. The molecule has 0 spiro atoms. The van der Waals surface area contributed by atoms with Crippen LogP contribution in [0.3, 0.4) is 0 Å². The van der Waals surface area contributed by atoms with E-state index in [9.17, 15) is 9.18 Å². The molecular formula is C22H29FIN5O. The predicted molar refractivity (Wildman–Crippen MR) is 129 cm³/mol. The second-order valence-electron chi connectivity index (χ2n) is 7.38. The van der Waals surface area contributed by atoms with Crippen LogP contribution in [0.2, 0.25) is 0 Å². The quantitative estimate of drug-likeness (QED) is 0.279. The minimum absolute atomic E-state index is 0. The molecule has 6 nitrogen and oxygen atoms in total. The van der Waals surface area contributed by atoms with Gasteiger partial charge in [-0.15, -0.1) is 24.0 Å². The summed E-state index contributed by atoms with van der Waals surface area (Å²) in [4.78, 5) is 21.1. The maximum absolute atomic E-state index is 13.6. The van der Waals surface area contributed by atoms with Crippen LogP contribution in [-0.4, -0.2) is 36.5 Å². The highest BCUT2D eigenvalue weighted by atomic mass is 127. The topological polar surface area (TPSA) is 78.4 Å². The second kappa shape index (κ2) is 11.2. The van der Waals surface area contributed by atoms with Crippen molar-refractivity contribution in [2.24, 2.45) is 4.99 Å². The van der Waals surface area contributed by atoms with E-state index in [2.05, 4.69) is 25.9 Å². The zero-order valence-corrected chi connectivity index (χ0v) is 19.7. The molecule has 0 radical (unpaired) electrons. The Kier molecular flexibility index (Phi) is 9.01. The molecule has 3 rings (SSSR count). The Hall–Kier alpha value is -2.23. The van der Waals surface area contributed by atoms with Gasteiger partial charge in [-0.2, -0.15) is 0 Å². The highest BCUT2D eigenvalue weighted by molar-refractivity contribution is 14.0. The van der Waals surface area contributed by atoms with Gasteiger partial charge in [0.05, 0.1) is 6.54 Å². The van der Waals surface area contributed by atoms with Gasteiger partial charge in [0, 0.05) is 30.6 Å². The van der Waals surface area contributed by atoms with E-state index in [0.717, 1.165) is 30.6 Å². The Morgan fingerprint density at radius 2 is 1.97 bits per heavy atom. The summed E-state index contributed by atoms with van der Waals surface area (Å²) in [5.74, 6) is 0.903. The lowest BCUT2D eigenvalue weighted by Gasteiger charge is -2.16. The molecule has 1 aliphatic carbocycles. The number of rotatable bonds is 8. The SMILES string of the molecule is CCNC(=NCC1(c2cccc(F)c2)CC1)NCCC(=O)Nc1cccc(C)n1.I. The number of amides is 1. The highest BCUT2D eigenvalue weighted by Gasteiger charge is 2.44. The Bertz CT molecular complexity index is 885. The maximum Gasteiger partial charge on any atom is 0.227 e. The van der Waals surface area contributed by atoms with E-state index in [0.29, 0.717) is 31.3 Å². The van der Waals surface area contributed by atoms with Crippen molar-refractivity contribution in [1.29, 1.82) is 0 Å². The van der Waals surface area contributed by atoms with Crippen molar-refractivity contribution in [3.05, 3.63) is 59.5 Å². The average Bonchev–Trinajstić information content (AvgIpc) is 3.47. The lowest BCUT2D eigenvalue weighted by molar-refractivity contribution is -0.116. The Balaban J connectivity index is 0.00000320. The van der Waals surface area contributed by atoms with Crippen molar-refractivity contribution in [3.8, 4) is 0 Å². The lowest BCUT2D eigenvalue weighted by atomic mass is 9.96. The molecule has 1 aromatic carbocycles. The number of aliphatic imine (C=N–C) groups is 1. The zero-order valence-electron chi connectivity index (χ0n) is 17.4. The molecular weight excluding hydrogens is 496 g/mol. The molecule has 8 heteroatoms. The molecule has 30 heavy (non-hydrogen) atoms. The third kappa shape index (κ3) is 6.93. The number of hydrogen-bond acceptors (Lipinski definition) is 3. The number of guanidine groups is 1. The van der Waals surface area contributed by atoms with Gasteiger partial charge >= 0.3 is 0 Å². The number of pyridine rings is 1. The van der Waals surface area contributed by atoms with Crippen LogP contribution >= 0.6 is 24.0 Å². The number of nitrogens with zero attached hydrogens (tertiary/aromatic N) is 2. The van der Waals surface area contributed by atoms with Crippen molar-refractivity contribution in [2.75, 3.05) is 25.0 Å². The number of aromatic nitrogens is 1. The normalized spacial score (nSPS) is 14.4. The molecule has 0 bridgehead atoms. The maximum atomic E-state index is 13.6. The second-order valence-corrected chi connectivity index (χ2v) is 7.38. The van der Waals surface area contributed by atoms with Crippen LogP contribution in [0, 0.1) is 12.7 Å². The van der Waals surface area contributed by atoms with Gasteiger partial charge in [0.25, 0.3) is 0 Å². The van der Waals surface area contributed by atoms with Crippen molar-refractivity contribution in [2.45, 2.75) is 38.5 Å². The van der Waals surface area contributed by atoms with Gasteiger partial charge < -0.3 is 16.0 Å². The van der Waals surface area contributed by atoms with Crippen molar-refractivity contribution < 1.29 is 9.18 Å². The monoisotopic (exact) mass is 525 g/mol. The summed E-state index contributed by atoms with van der Waals surface area (Å²) in [6, 6.07) is 12.3. The number of halogens is 2. The number of benzene rings is 1. The minimum Gasteiger partial charge on any atom is -0.357 e. The lowest BCUT2D eigenvalue weighted by Crippen LogP contribution is -2.39. The van der Waals surface area contributed by atoms with Crippen LogP contribution < -0.4 is 16.0 Å². The number of carbonyl (C=O) groups excluding carboxylic acids is 1. The first-order valence-electron chi connectivity index (χ1n) is 10.0. The fraction of sp³-hybridized carbons (Fsp3) is 0.409. The first-order chi connectivity index (χ1) is 14.0. The first-order valence-corrected chi connectivity index (χ1v) is 10.0. The fourth-order valence-electron chi connectivity index (χ4n) is 3.19. The number of aryl methyl sites for hydroxylation is 1. The van der Waals surface area contributed by atoms with Gasteiger partial charge in [0.15, 0.2) is 5.96 Å². The molecule has 0 unspecified atom stereocenters. The highest BCUT2D eigenvalue weighted by Crippen LogP contribution is 2.48. The molecule has 2 aromatic rings. The van der Waals surface area contributed by atoms with E-state index >= 15 is 0 Å². The molecule has 1 aliphatic rings. The number of hydrogen-bond donors (Lipinski definition) is 3. The molecule has 0 saturated heterocycles. The molecule has 1 heterocycles. The van der Waals surface area contributed by atoms with Gasteiger partial charge in [-0.3, -0.25) is 9.79 Å². The van der Waals surface area contributed by atoms with Gasteiger partial charge in [0.1, 0.15) is 11.6 Å². The van der Waals surface area contributed by atoms with E-state index in [1.165, 1.54) is 6.07 Å². The van der Waals surface area contributed by atoms with Crippen molar-refractivity contribution in [1.82, 2.24) is 15.6 Å². The Morgan fingerprint density at radius 3 is 2.63 bits per heavy atom. The minimum atomic E-state index is -0.211. The summed E-state index contributed by atoms with van der Waals surface area (Å²) in [5, 5.41) is 9.19. The summed E-state index contributed by atoms with van der Waals surface area (Å²) in [5.41, 5.74) is 1.79. The fourth-order valence-corrected chi connectivity index (χ4v) is 3.19. The zero-order chi connectivity index (χ0) is 20.7. The number of anilines is 1. The van der Waals surface area contributed by atoms with E-state index in [4.69, 9.17) is 0 Å². The van der Waals surface area contributed by atoms with Crippen molar-refractivity contribution >= 4 is 41.7 Å². The van der Waals surface area contributed by atoms with Gasteiger partial charge in [0.2, 0.25) is 5.91 Å². The van der Waals surface area contributed by atoms with Crippen molar-refractivity contribution in [3.63, 3.8) is 0 Å². The van der Waals surface area contributed by atoms with E-state index in [-0.39, 0.29) is 41.1 Å². The molecule has 1 aromatic heterocycles. The van der Waals surface area contributed by atoms with Crippen LogP contribution in [-0.2, 0) is 10.2 Å². The Labute approximate surface area is 194 Å². The summed E-state index contributed by atoms with van der Waals surface area (Å²) in [6.45, 7) is 5.64. The summed E-state index contributed by atoms with van der Waals surface area (Å²) in [7, 11) is 0. The van der Waals surface area contributed by atoms with Gasteiger partial charge in [-0.1, -0.05) is 18.2 Å². The molecule has 1 saturated carbocycles. The van der Waals surface area contributed by atoms with Crippen LogP contribution in [0.25, 0.3) is 0 Å². The summed E-state index contributed by atoms with van der Waals surface area (Å²) >= 11 is 0. The molecule has 0 atom stereocenters. The molecule has 1 fully saturated rings. The van der Waals surface area contributed by atoms with Crippen LogP contribution in [0.4, 0.5) is 10.2 Å². The predicted octanol–water partition coefficient (Wildman–Crippen LogP) is 3.76. The van der Waals surface area contributed by atoms with Gasteiger partial charge in [-0.05, 0) is 56.5 Å². The molecule has 1 amide bonds. The standard InChI is InChI=1S/C22H28FN5O.HI/c1-3-24-21(25-13-10-20(29)28-19-9-4-6-16(2)27-19)26-15-22(11-12-22)17-7-5-8-18(23)14-17;/h4-9,14H,3,10-13,15H2,1-2H3,(H2,24,25,26)(H,27,28,29);1H. The van der Waals surface area contributed by atoms with E-state index in [1.54, 1.807) is 18.2 Å². The van der Waals surface area contributed by atoms with Gasteiger partial charge in [-0.25, -0.2) is 9.37 Å². The number of nitrogens with one attached hydrogen (secondary N) is 3. The third-order valence-electron chi connectivity index (χ3n) is 4.97. The van der Waals surface area contributed by atoms with Crippen LogP contribution in [0.1, 0.15) is 37.4 Å². The van der Waals surface area contributed by atoms with Crippen LogP contribution in [0.15, 0.2) is 47.5 Å². The third-order valence-corrected chi connectivity index (χ3v) is 4.97. The molecule has 162 valence electrons. The summed E-state index contributed by atoms with van der Waals surface area (Å²) in [6.07, 6.45) is 2.31. The number of carbonyl (C=O) groups is 1. The average molecular weight is 525 g/mol. The first kappa shape index (κ1) is 24.0. The largest absolute Gasteiger partial charge is 0.357 e. The Morgan fingerprint density at radius 1 is 1.20 bits per heavy atom. The van der Waals surface area contributed by atoms with E-state index in [1.807, 2.05) is 32.0 Å². The molecule has 3 N–H and O–H groups in total. The van der Waals surface area contributed by atoms with Crippen LogP contribution in [0.5, 0.6) is 0 Å². The molecule has 0 aliphatic heterocycles. The van der Waals surface area contributed by atoms with E-state index < -0.39 is 0 Å². The summed E-state index contributed by atoms with van der Waals surface area (Å²) < 4.78 is 13.6.